The van der Waals surface area contributed by atoms with E-state index in [0.29, 0.717) is 6.54 Å². The van der Waals surface area contributed by atoms with Crippen molar-refractivity contribution in [2.24, 2.45) is 0 Å². The van der Waals surface area contributed by atoms with Crippen molar-refractivity contribution in [3.05, 3.63) is 69.1 Å². The molecule has 0 spiro atoms. The summed E-state index contributed by atoms with van der Waals surface area (Å²) in [6, 6.07) is 10.9. The number of nitrogens with zero attached hydrogens (tertiary/aromatic N) is 1. The Morgan fingerprint density at radius 1 is 1.21 bits per heavy atom. The highest BCUT2D eigenvalue weighted by atomic mass is 16.4. The van der Waals surface area contributed by atoms with Crippen molar-refractivity contribution in [2.45, 2.75) is 20.4 Å². The predicted molar refractivity (Wildman–Crippen MR) is 72.7 cm³/mol. The number of rotatable bonds is 3. The van der Waals surface area contributed by atoms with Crippen molar-refractivity contribution >= 4 is 5.97 Å². The van der Waals surface area contributed by atoms with Gasteiger partial charge in [0.25, 0.3) is 5.56 Å². The van der Waals surface area contributed by atoms with Crippen LogP contribution in [0.15, 0.2) is 41.2 Å². The van der Waals surface area contributed by atoms with Crippen molar-refractivity contribution in [1.82, 2.24) is 4.57 Å². The van der Waals surface area contributed by atoms with E-state index in [9.17, 15) is 9.59 Å². The Morgan fingerprint density at radius 2 is 1.84 bits per heavy atom. The second-order valence-electron chi connectivity index (χ2n) is 4.51. The van der Waals surface area contributed by atoms with Crippen LogP contribution in [-0.2, 0) is 6.54 Å². The number of hydrogen-bond acceptors (Lipinski definition) is 2. The van der Waals surface area contributed by atoms with E-state index < -0.39 is 11.5 Å². The summed E-state index contributed by atoms with van der Waals surface area (Å²) in [6.07, 6.45) is 0. The van der Waals surface area contributed by atoms with Crippen molar-refractivity contribution < 1.29 is 9.90 Å². The zero-order chi connectivity index (χ0) is 14.0. The van der Waals surface area contributed by atoms with Crippen molar-refractivity contribution in [2.75, 3.05) is 0 Å². The number of carbonyl (C=O) groups is 1. The van der Waals surface area contributed by atoms with Crippen molar-refractivity contribution in [3.8, 4) is 0 Å². The third-order valence-corrected chi connectivity index (χ3v) is 3.23. The van der Waals surface area contributed by atoms with E-state index in [1.807, 2.05) is 44.2 Å². The van der Waals surface area contributed by atoms with Gasteiger partial charge in [-0.05, 0) is 31.0 Å². The van der Waals surface area contributed by atoms with Crippen LogP contribution in [0.4, 0.5) is 0 Å². The Bertz CT molecular complexity index is 672. The van der Waals surface area contributed by atoms with Crippen LogP contribution in [-0.4, -0.2) is 15.6 Å². The molecule has 0 aliphatic heterocycles. The van der Waals surface area contributed by atoms with Gasteiger partial charge in [-0.3, -0.25) is 4.79 Å². The third-order valence-electron chi connectivity index (χ3n) is 3.23. The van der Waals surface area contributed by atoms with Gasteiger partial charge in [0.15, 0.2) is 0 Å². The number of aromatic nitrogens is 1. The quantitative estimate of drug-likeness (QED) is 0.917. The van der Waals surface area contributed by atoms with E-state index in [0.717, 1.165) is 16.8 Å². The summed E-state index contributed by atoms with van der Waals surface area (Å²) in [5.41, 5.74) is 1.92. The van der Waals surface area contributed by atoms with Crippen LogP contribution in [0.2, 0.25) is 0 Å². The number of aromatic carboxylic acids is 1. The molecule has 4 nitrogen and oxygen atoms in total. The number of carboxylic acid groups (broad SMARTS) is 1. The summed E-state index contributed by atoms with van der Waals surface area (Å²) in [6.45, 7) is 4.02. The van der Waals surface area contributed by atoms with Gasteiger partial charge in [0.2, 0.25) is 0 Å². The van der Waals surface area contributed by atoms with Gasteiger partial charge in [0.1, 0.15) is 5.56 Å². The van der Waals surface area contributed by atoms with E-state index in [-0.39, 0.29) is 5.56 Å². The fourth-order valence-electron chi connectivity index (χ4n) is 2.00. The molecule has 1 N–H and O–H groups in total. The molecule has 0 bridgehead atoms. The summed E-state index contributed by atoms with van der Waals surface area (Å²) >= 11 is 0. The number of carboxylic acids is 1. The van der Waals surface area contributed by atoms with Gasteiger partial charge in [-0.2, -0.15) is 0 Å². The normalized spacial score (nSPS) is 10.4. The lowest BCUT2D eigenvalue weighted by atomic mass is 10.1. The van der Waals surface area contributed by atoms with Crippen LogP contribution in [0.25, 0.3) is 0 Å². The third kappa shape index (κ3) is 2.57. The molecule has 0 aliphatic carbocycles. The number of benzene rings is 1. The largest absolute Gasteiger partial charge is 0.477 e. The molecule has 0 fully saturated rings. The molecular weight excluding hydrogens is 242 g/mol. The molecule has 2 aromatic rings. The van der Waals surface area contributed by atoms with E-state index in [1.165, 1.54) is 10.6 Å². The van der Waals surface area contributed by atoms with Crippen LogP contribution < -0.4 is 5.56 Å². The Kier molecular flexibility index (Phi) is 3.51. The van der Waals surface area contributed by atoms with Crippen molar-refractivity contribution in [3.63, 3.8) is 0 Å². The van der Waals surface area contributed by atoms with Crippen LogP contribution >= 0.6 is 0 Å². The second kappa shape index (κ2) is 5.10. The summed E-state index contributed by atoms with van der Waals surface area (Å²) < 4.78 is 1.51. The minimum Gasteiger partial charge on any atom is -0.477 e. The number of pyridine rings is 1. The summed E-state index contributed by atoms with van der Waals surface area (Å²) in [5, 5.41) is 9.06. The molecule has 0 saturated heterocycles. The van der Waals surface area contributed by atoms with E-state index in [1.54, 1.807) is 0 Å². The maximum atomic E-state index is 12.2. The monoisotopic (exact) mass is 257 g/mol. The standard InChI is InChI=1S/C15H15NO3/c1-10-8-13(15(18)19)14(17)16(11(10)2)9-12-6-4-3-5-7-12/h3-8H,9H2,1-2H3,(H,18,19). The molecule has 0 saturated carbocycles. The Morgan fingerprint density at radius 3 is 2.42 bits per heavy atom. The molecule has 4 heteroatoms. The van der Waals surface area contributed by atoms with Gasteiger partial charge in [-0.25, -0.2) is 4.79 Å². The maximum Gasteiger partial charge on any atom is 0.341 e. The first-order valence-electron chi connectivity index (χ1n) is 5.99. The molecule has 1 aromatic carbocycles. The molecule has 0 unspecified atom stereocenters. The predicted octanol–water partition coefficient (Wildman–Crippen LogP) is 2.21. The minimum atomic E-state index is -1.19. The highest BCUT2D eigenvalue weighted by Gasteiger charge is 2.14. The van der Waals surface area contributed by atoms with E-state index in [2.05, 4.69) is 0 Å². The molecule has 1 heterocycles. The maximum absolute atomic E-state index is 12.2. The van der Waals surface area contributed by atoms with E-state index in [4.69, 9.17) is 5.11 Å². The van der Waals surface area contributed by atoms with Gasteiger partial charge in [-0.1, -0.05) is 30.3 Å². The lowest BCUT2D eigenvalue weighted by Crippen LogP contribution is -2.29. The highest BCUT2D eigenvalue weighted by molar-refractivity contribution is 5.87. The molecule has 1 aromatic heterocycles. The minimum absolute atomic E-state index is 0.181. The molecule has 0 amide bonds. The Hall–Kier alpha value is -2.36. The molecule has 0 atom stereocenters. The number of hydrogen-bond donors (Lipinski definition) is 1. The summed E-state index contributed by atoms with van der Waals surface area (Å²) in [5.74, 6) is -1.19. The summed E-state index contributed by atoms with van der Waals surface area (Å²) in [7, 11) is 0. The second-order valence-corrected chi connectivity index (χ2v) is 4.51. The van der Waals surface area contributed by atoms with Crippen molar-refractivity contribution in [1.29, 1.82) is 0 Å². The Labute approximate surface area is 110 Å². The Balaban J connectivity index is 2.56. The topological polar surface area (TPSA) is 59.3 Å². The van der Waals surface area contributed by atoms with Gasteiger partial charge in [0, 0.05) is 5.69 Å². The highest BCUT2D eigenvalue weighted by Crippen LogP contribution is 2.09. The number of aryl methyl sites for hydroxylation is 1. The molecule has 98 valence electrons. The zero-order valence-electron chi connectivity index (χ0n) is 10.9. The van der Waals surface area contributed by atoms with Gasteiger partial charge < -0.3 is 9.67 Å². The van der Waals surface area contributed by atoms with Gasteiger partial charge in [-0.15, -0.1) is 0 Å². The summed E-state index contributed by atoms with van der Waals surface area (Å²) in [4.78, 5) is 23.2. The molecule has 0 aliphatic rings. The molecule has 19 heavy (non-hydrogen) atoms. The molecule has 0 radical (unpaired) electrons. The van der Waals surface area contributed by atoms with Crippen LogP contribution in [0.1, 0.15) is 27.2 Å². The van der Waals surface area contributed by atoms with Gasteiger partial charge in [0.05, 0.1) is 6.54 Å². The average molecular weight is 257 g/mol. The van der Waals surface area contributed by atoms with Gasteiger partial charge >= 0.3 is 5.97 Å². The fraction of sp³-hybridized carbons (Fsp3) is 0.200. The fourth-order valence-corrected chi connectivity index (χ4v) is 2.00. The average Bonchev–Trinajstić information content (AvgIpc) is 2.40. The first-order chi connectivity index (χ1) is 9.00. The first kappa shape index (κ1) is 13.1. The first-order valence-corrected chi connectivity index (χ1v) is 5.99. The van der Waals surface area contributed by atoms with Crippen LogP contribution in [0, 0.1) is 13.8 Å². The lowest BCUT2D eigenvalue weighted by molar-refractivity contribution is 0.0694. The van der Waals surface area contributed by atoms with E-state index >= 15 is 0 Å². The van der Waals surface area contributed by atoms with Crippen LogP contribution in [0.5, 0.6) is 0 Å². The lowest BCUT2D eigenvalue weighted by Gasteiger charge is -2.13. The van der Waals surface area contributed by atoms with Crippen LogP contribution in [0.3, 0.4) is 0 Å². The zero-order valence-corrected chi connectivity index (χ0v) is 10.9. The SMILES string of the molecule is Cc1cc(C(=O)O)c(=O)n(Cc2ccccc2)c1C. The smallest absolute Gasteiger partial charge is 0.341 e. The molecule has 2 rings (SSSR count). The molecular formula is C15H15NO3.